The molecule has 180 valence electrons. The second-order valence-electron chi connectivity index (χ2n) is 10.2. The number of hydrogen-bond acceptors (Lipinski definition) is 4. The predicted molar refractivity (Wildman–Crippen MR) is 130 cm³/mol. The van der Waals surface area contributed by atoms with Gasteiger partial charge in [0.15, 0.2) is 5.60 Å². The van der Waals surface area contributed by atoms with E-state index in [2.05, 4.69) is 33.0 Å². The van der Waals surface area contributed by atoms with Gasteiger partial charge < -0.3 is 14.4 Å². The van der Waals surface area contributed by atoms with Gasteiger partial charge in [-0.3, -0.25) is 5.10 Å². The van der Waals surface area contributed by atoms with Gasteiger partial charge in [0.25, 0.3) is 0 Å². The summed E-state index contributed by atoms with van der Waals surface area (Å²) in [6.07, 6.45) is 3.04. The van der Waals surface area contributed by atoms with Crippen molar-refractivity contribution in [3.05, 3.63) is 59.7 Å². The molecule has 0 spiro atoms. The number of H-pyrrole nitrogens is 1. The van der Waals surface area contributed by atoms with Crippen LogP contribution in [0.5, 0.6) is 0 Å². The summed E-state index contributed by atoms with van der Waals surface area (Å²) in [7, 11) is 0. The number of carboxylic acid groups (broad SMARTS) is 1. The monoisotopic (exact) mass is 474 g/mol. The van der Waals surface area contributed by atoms with Crippen LogP contribution >= 0.6 is 0 Å². The van der Waals surface area contributed by atoms with Gasteiger partial charge in [0.05, 0.1) is 29.9 Å². The fourth-order valence-electron chi connectivity index (χ4n) is 5.25. The summed E-state index contributed by atoms with van der Waals surface area (Å²) in [6.45, 7) is 5.93. The first kappa shape index (κ1) is 23.1. The van der Waals surface area contributed by atoms with E-state index in [4.69, 9.17) is 4.74 Å². The van der Waals surface area contributed by atoms with Crippen LogP contribution in [0, 0.1) is 17.1 Å². The van der Waals surface area contributed by atoms with Gasteiger partial charge in [-0.1, -0.05) is 13.8 Å². The third kappa shape index (κ3) is 3.76. The van der Waals surface area contributed by atoms with Crippen LogP contribution in [0.15, 0.2) is 42.6 Å². The van der Waals surface area contributed by atoms with Gasteiger partial charge in [-0.05, 0) is 61.7 Å². The van der Waals surface area contributed by atoms with E-state index in [-0.39, 0.29) is 24.8 Å². The molecule has 1 saturated heterocycles. The SMILES string of the molecule is CC(C)(CC#N)c1c(C2CC[C@](C)(C(=O)O)OC2)c2cc3[nH]ncc3cc2n1-c1ccc(F)cc1. The fraction of sp³-hybridized carbons (Fsp3) is 0.370. The minimum atomic E-state index is -1.22. The van der Waals surface area contributed by atoms with Crippen molar-refractivity contribution in [1.82, 2.24) is 14.8 Å². The number of aliphatic carboxylic acids is 1. The molecule has 1 fully saturated rings. The van der Waals surface area contributed by atoms with Crippen LogP contribution in [-0.4, -0.2) is 38.0 Å². The van der Waals surface area contributed by atoms with Crippen molar-refractivity contribution in [1.29, 1.82) is 5.26 Å². The van der Waals surface area contributed by atoms with E-state index in [1.807, 2.05) is 13.8 Å². The van der Waals surface area contributed by atoms with Gasteiger partial charge in [0.2, 0.25) is 0 Å². The maximum atomic E-state index is 13.8. The summed E-state index contributed by atoms with van der Waals surface area (Å²) in [5.74, 6) is -1.36. The van der Waals surface area contributed by atoms with Gasteiger partial charge >= 0.3 is 5.97 Å². The van der Waals surface area contributed by atoms with Gasteiger partial charge in [-0.2, -0.15) is 10.4 Å². The standard InChI is InChI=1S/C27H27FN4O3/c1-26(2,10-11-29)24-23(16-8-9-27(3,25(33)34)35-15-16)20-13-21-17(14-30-31-21)12-22(20)32(24)19-6-4-18(28)5-7-19/h4-7,12-14,16H,8-10,15H2,1-3H3,(H,30,31)(H,33,34)/t16?,27-/m1/s1. The highest BCUT2D eigenvalue weighted by molar-refractivity contribution is 5.99. The van der Waals surface area contributed by atoms with Crippen LogP contribution in [0.2, 0.25) is 0 Å². The number of halogens is 1. The maximum Gasteiger partial charge on any atom is 0.335 e. The number of benzene rings is 2. The van der Waals surface area contributed by atoms with Crippen molar-refractivity contribution < 1.29 is 19.0 Å². The molecule has 7 nitrogen and oxygen atoms in total. The molecule has 2 N–H and O–H groups in total. The van der Waals surface area contributed by atoms with Crippen molar-refractivity contribution >= 4 is 27.8 Å². The number of nitrogens with one attached hydrogen (secondary N) is 1. The first-order chi connectivity index (χ1) is 16.6. The molecule has 2 aromatic heterocycles. The Hall–Kier alpha value is -3.70. The van der Waals surface area contributed by atoms with E-state index >= 15 is 0 Å². The van der Waals surface area contributed by atoms with Crippen molar-refractivity contribution in [2.24, 2.45) is 0 Å². The van der Waals surface area contributed by atoms with Crippen LogP contribution in [0.4, 0.5) is 4.39 Å². The van der Waals surface area contributed by atoms with Gasteiger partial charge in [0.1, 0.15) is 5.82 Å². The van der Waals surface area contributed by atoms with Crippen LogP contribution in [0.25, 0.3) is 27.5 Å². The Balaban J connectivity index is 1.82. The van der Waals surface area contributed by atoms with Gasteiger partial charge in [-0.15, -0.1) is 0 Å². The first-order valence-electron chi connectivity index (χ1n) is 11.7. The topological polar surface area (TPSA) is 104 Å². The lowest BCUT2D eigenvalue weighted by molar-refractivity contribution is -0.170. The second kappa shape index (κ2) is 8.21. The quantitative estimate of drug-likeness (QED) is 0.393. The molecule has 1 aliphatic rings. The highest BCUT2D eigenvalue weighted by Gasteiger charge is 2.42. The number of aromatic nitrogens is 3. The Morgan fingerprint density at radius 1 is 1.37 bits per heavy atom. The Morgan fingerprint density at radius 3 is 2.74 bits per heavy atom. The summed E-state index contributed by atoms with van der Waals surface area (Å²) in [5, 5.41) is 28.5. The molecule has 0 saturated carbocycles. The highest BCUT2D eigenvalue weighted by Crippen LogP contribution is 2.46. The number of nitrogens with zero attached hydrogens (tertiary/aromatic N) is 3. The predicted octanol–water partition coefficient (Wildman–Crippen LogP) is 5.57. The number of ether oxygens (including phenoxy) is 1. The Labute approximate surface area is 202 Å². The van der Waals surface area contributed by atoms with Crippen LogP contribution in [-0.2, 0) is 14.9 Å². The molecule has 0 radical (unpaired) electrons. The van der Waals surface area contributed by atoms with E-state index in [0.29, 0.717) is 12.8 Å². The Bertz CT molecular complexity index is 1470. The number of carboxylic acids is 1. The lowest BCUT2D eigenvalue weighted by atomic mass is 9.77. The zero-order chi connectivity index (χ0) is 25.0. The average Bonchev–Trinajstić information content (AvgIpc) is 3.41. The summed E-state index contributed by atoms with van der Waals surface area (Å²) in [4.78, 5) is 11.8. The van der Waals surface area contributed by atoms with E-state index < -0.39 is 17.0 Å². The third-order valence-electron chi connectivity index (χ3n) is 7.25. The molecule has 0 aliphatic carbocycles. The largest absolute Gasteiger partial charge is 0.479 e. The Kier molecular flexibility index (Phi) is 5.41. The molecule has 0 amide bonds. The summed E-state index contributed by atoms with van der Waals surface area (Å²) in [5.41, 5.74) is 2.82. The fourth-order valence-corrected chi connectivity index (χ4v) is 5.25. The lowest BCUT2D eigenvalue weighted by Gasteiger charge is -2.36. The van der Waals surface area contributed by atoms with E-state index in [1.54, 1.807) is 25.3 Å². The highest BCUT2D eigenvalue weighted by atomic mass is 19.1. The summed E-state index contributed by atoms with van der Waals surface area (Å²) >= 11 is 0. The minimum absolute atomic E-state index is 0.0695. The van der Waals surface area contributed by atoms with Gasteiger partial charge in [-0.25, -0.2) is 9.18 Å². The number of fused-ring (bicyclic) bond motifs is 2. The van der Waals surface area contributed by atoms with E-state index in [0.717, 1.165) is 38.8 Å². The molecular formula is C27H27FN4O3. The average molecular weight is 475 g/mol. The van der Waals surface area contributed by atoms with Gasteiger partial charge in [0, 0.05) is 39.9 Å². The minimum Gasteiger partial charge on any atom is -0.479 e. The summed E-state index contributed by atoms with van der Waals surface area (Å²) in [6, 6.07) is 12.8. The number of hydrogen-bond donors (Lipinski definition) is 2. The van der Waals surface area contributed by atoms with Crippen molar-refractivity contribution in [2.45, 2.75) is 57.0 Å². The molecule has 5 rings (SSSR count). The molecule has 0 bridgehead atoms. The molecule has 1 aliphatic heterocycles. The number of rotatable bonds is 5. The number of nitriles is 1. The maximum absolute atomic E-state index is 13.8. The molecule has 2 aromatic carbocycles. The zero-order valence-electron chi connectivity index (χ0n) is 19.9. The third-order valence-corrected chi connectivity index (χ3v) is 7.25. The van der Waals surface area contributed by atoms with Crippen LogP contribution in [0.1, 0.15) is 57.2 Å². The molecule has 4 aromatic rings. The molecule has 35 heavy (non-hydrogen) atoms. The first-order valence-corrected chi connectivity index (χ1v) is 11.7. The molecule has 3 heterocycles. The molecular weight excluding hydrogens is 447 g/mol. The van der Waals surface area contributed by atoms with Crippen LogP contribution < -0.4 is 0 Å². The number of aromatic amines is 1. The smallest absolute Gasteiger partial charge is 0.335 e. The normalized spacial score (nSPS) is 20.8. The molecule has 1 unspecified atom stereocenters. The van der Waals surface area contributed by atoms with Crippen LogP contribution in [0.3, 0.4) is 0 Å². The zero-order valence-corrected chi connectivity index (χ0v) is 19.9. The van der Waals surface area contributed by atoms with E-state index in [9.17, 15) is 19.6 Å². The number of carbonyl (C=O) groups is 1. The second-order valence-corrected chi connectivity index (χ2v) is 10.2. The van der Waals surface area contributed by atoms with Crippen molar-refractivity contribution in [2.75, 3.05) is 6.61 Å². The molecule has 2 atom stereocenters. The van der Waals surface area contributed by atoms with E-state index in [1.165, 1.54) is 12.1 Å². The molecule has 8 heteroatoms. The Morgan fingerprint density at radius 2 is 2.11 bits per heavy atom. The van der Waals surface area contributed by atoms with Crippen molar-refractivity contribution in [3.63, 3.8) is 0 Å². The summed E-state index contributed by atoms with van der Waals surface area (Å²) < 4.78 is 21.9. The lowest BCUT2D eigenvalue weighted by Crippen LogP contribution is -2.43. The van der Waals surface area contributed by atoms with Crippen molar-refractivity contribution in [3.8, 4) is 11.8 Å².